The Morgan fingerprint density at radius 3 is 2.89 bits per heavy atom. The van der Waals surface area contributed by atoms with Crippen LogP contribution in [0.25, 0.3) is 0 Å². The number of methoxy groups -OCH3 is 1. The first-order chi connectivity index (χ1) is 8.60. The quantitative estimate of drug-likeness (QED) is 0.941. The molecule has 1 amide bonds. The van der Waals surface area contributed by atoms with Gasteiger partial charge in [-0.05, 0) is 28.9 Å². The standard InChI is InChI=1S/C11H10BrN3O3/c1-6-5-8(17-2)14-11(13-6)15-10(16)7-3-4-18-9(7)12/h3-5H,1-2H3,(H,13,14,15,16). The Bertz CT molecular complexity index is 583. The van der Waals surface area contributed by atoms with E-state index in [9.17, 15) is 4.79 Å². The number of aromatic nitrogens is 2. The SMILES string of the molecule is COc1cc(C)nc(NC(=O)c2ccoc2Br)n1. The summed E-state index contributed by atoms with van der Waals surface area (Å²) >= 11 is 3.13. The van der Waals surface area contributed by atoms with Gasteiger partial charge < -0.3 is 9.15 Å². The molecule has 6 nitrogen and oxygen atoms in total. The summed E-state index contributed by atoms with van der Waals surface area (Å²) in [7, 11) is 1.50. The molecule has 0 saturated heterocycles. The third-order valence-corrected chi connectivity index (χ3v) is 2.74. The molecular formula is C11H10BrN3O3. The lowest BCUT2D eigenvalue weighted by Gasteiger charge is -2.05. The minimum Gasteiger partial charge on any atom is -0.481 e. The van der Waals surface area contributed by atoms with E-state index in [1.165, 1.54) is 13.4 Å². The zero-order chi connectivity index (χ0) is 13.1. The van der Waals surface area contributed by atoms with Crippen molar-refractivity contribution in [2.24, 2.45) is 0 Å². The van der Waals surface area contributed by atoms with Gasteiger partial charge in [0.2, 0.25) is 11.8 Å². The summed E-state index contributed by atoms with van der Waals surface area (Å²) in [5.41, 5.74) is 1.07. The molecule has 0 radical (unpaired) electrons. The maximum atomic E-state index is 11.9. The van der Waals surface area contributed by atoms with E-state index in [1.54, 1.807) is 19.1 Å². The van der Waals surface area contributed by atoms with Crippen molar-refractivity contribution in [2.45, 2.75) is 6.92 Å². The normalized spacial score (nSPS) is 10.2. The Labute approximate surface area is 112 Å². The minimum atomic E-state index is -0.358. The molecule has 2 rings (SSSR count). The molecule has 0 aliphatic rings. The predicted octanol–water partition coefficient (Wildman–Crippen LogP) is 2.40. The van der Waals surface area contributed by atoms with Gasteiger partial charge in [0.1, 0.15) is 0 Å². The summed E-state index contributed by atoms with van der Waals surface area (Å²) < 4.78 is 10.3. The van der Waals surface area contributed by atoms with Gasteiger partial charge in [-0.25, -0.2) is 4.98 Å². The Kier molecular flexibility index (Phi) is 3.61. The molecule has 0 aliphatic heterocycles. The molecule has 2 aromatic rings. The number of halogens is 1. The van der Waals surface area contributed by atoms with Crippen molar-refractivity contribution in [3.63, 3.8) is 0 Å². The number of nitrogens with one attached hydrogen (secondary N) is 1. The lowest BCUT2D eigenvalue weighted by Crippen LogP contribution is -2.14. The van der Waals surface area contributed by atoms with Crippen LogP contribution in [0.1, 0.15) is 16.1 Å². The van der Waals surface area contributed by atoms with Crippen molar-refractivity contribution >= 4 is 27.8 Å². The number of hydrogen-bond acceptors (Lipinski definition) is 5. The Balaban J connectivity index is 2.22. The van der Waals surface area contributed by atoms with Crippen molar-refractivity contribution in [2.75, 3.05) is 12.4 Å². The van der Waals surface area contributed by atoms with Gasteiger partial charge in [-0.3, -0.25) is 10.1 Å². The molecule has 94 valence electrons. The number of hydrogen-bond donors (Lipinski definition) is 1. The third-order valence-electron chi connectivity index (χ3n) is 2.13. The smallest absolute Gasteiger partial charge is 0.262 e. The zero-order valence-corrected chi connectivity index (χ0v) is 11.3. The van der Waals surface area contributed by atoms with Crippen LogP contribution in [0.4, 0.5) is 5.95 Å². The van der Waals surface area contributed by atoms with Gasteiger partial charge in [0.25, 0.3) is 5.91 Å². The van der Waals surface area contributed by atoms with Crippen molar-refractivity contribution < 1.29 is 13.9 Å². The van der Waals surface area contributed by atoms with Crippen LogP contribution in [0.5, 0.6) is 5.88 Å². The molecule has 0 fully saturated rings. The number of rotatable bonds is 3. The molecule has 7 heteroatoms. The van der Waals surface area contributed by atoms with Crippen LogP contribution in [0.2, 0.25) is 0 Å². The van der Waals surface area contributed by atoms with Crippen LogP contribution in [-0.4, -0.2) is 23.0 Å². The highest BCUT2D eigenvalue weighted by Gasteiger charge is 2.14. The molecule has 2 heterocycles. The highest BCUT2D eigenvalue weighted by Crippen LogP contribution is 2.19. The van der Waals surface area contributed by atoms with Gasteiger partial charge in [0.05, 0.1) is 18.9 Å². The average Bonchev–Trinajstić information content (AvgIpc) is 2.74. The second-order valence-corrected chi connectivity index (χ2v) is 4.16. The molecule has 0 atom stereocenters. The Morgan fingerprint density at radius 1 is 1.50 bits per heavy atom. The molecule has 1 N–H and O–H groups in total. The molecule has 0 unspecified atom stereocenters. The van der Waals surface area contributed by atoms with Crippen molar-refractivity contribution in [1.82, 2.24) is 9.97 Å². The molecule has 0 aliphatic carbocycles. The number of amides is 1. The number of aryl methyl sites for hydroxylation is 1. The van der Waals surface area contributed by atoms with Crippen molar-refractivity contribution in [3.8, 4) is 5.88 Å². The highest BCUT2D eigenvalue weighted by molar-refractivity contribution is 9.10. The maximum Gasteiger partial charge on any atom is 0.262 e. The number of carbonyl (C=O) groups is 1. The first kappa shape index (κ1) is 12.6. The van der Waals surface area contributed by atoms with E-state index in [-0.39, 0.29) is 11.9 Å². The number of carbonyl (C=O) groups excluding carboxylic acids is 1. The fraction of sp³-hybridized carbons (Fsp3) is 0.182. The first-order valence-electron chi connectivity index (χ1n) is 5.04. The van der Waals surface area contributed by atoms with Crippen molar-refractivity contribution in [1.29, 1.82) is 0 Å². The minimum absolute atomic E-state index is 0.185. The van der Waals surface area contributed by atoms with Crippen LogP contribution in [0.3, 0.4) is 0 Å². The van der Waals surface area contributed by atoms with Crippen LogP contribution in [-0.2, 0) is 0 Å². The largest absolute Gasteiger partial charge is 0.481 e. The predicted molar refractivity (Wildman–Crippen MR) is 67.7 cm³/mol. The summed E-state index contributed by atoms with van der Waals surface area (Å²) in [6, 6.07) is 3.22. The van der Waals surface area contributed by atoms with Crippen molar-refractivity contribution in [3.05, 3.63) is 34.3 Å². The topological polar surface area (TPSA) is 77.2 Å². The van der Waals surface area contributed by atoms with E-state index in [0.29, 0.717) is 21.8 Å². The van der Waals surface area contributed by atoms with Gasteiger partial charge in [0, 0.05) is 11.8 Å². The maximum absolute atomic E-state index is 11.9. The Morgan fingerprint density at radius 2 is 2.28 bits per heavy atom. The number of ether oxygens (including phenoxy) is 1. The molecule has 0 spiro atoms. The molecule has 0 saturated carbocycles. The van der Waals surface area contributed by atoms with E-state index in [4.69, 9.17) is 9.15 Å². The number of anilines is 1. The van der Waals surface area contributed by atoms with E-state index in [2.05, 4.69) is 31.2 Å². The van der Waals surface area contributed by atoms with Gasteiger partial charge in [0.15, 0.2) is 4.67 Å². The fourth-order valence-corrected chi connectivity index (χ4v) is 1.74. The lowest BCUT2D eigenvalue weighted by molar-refractivity contribution is 0.102. The number of nitrogens with zero attached hydrogens (tertiary/aromatic N) is 2. The molecule has 0 bridgehead atoms. The summed E-state index contributed by atoms with van der Waals surface area (Å²) in [6.07, 6.45) is 1.41. The first-order valence-corrected chi connectivity index (χ1v) is 5.83. The van der Waals surface area contributed by atoms with E-state index in [1.807, 2.05) is 0 Å². The second kappa shape index (κ2) is 5.18. The summed E-state index contributed by atoms with van der Waals surface area (Å²) in [4.78, 5) is 20.0. The van der Waals surface area contributed by atoms with Gasteiger partial charge in [-0.15, -0.1) is 0 Å². The van der Waals surface area contributed by atoms with Crippen LogP contribution >= 0.6 is 15.9 Å². The third kappa shape index (κ3) is 2.67. The summed E-state index contributed by atoms with van der Waals surface area (Å²) in [5.74, 6) is 0.220. The monoisotopic (exact) mass is 311 g/mol. The number of furan rings is 1. The second-order valence-electron chi connectivity index (χ2n) is 3.44. The fourth-order valence-electron chi connectivity index (χ4n) is 1.32. The van der Waals surface area contributed by atoms with Crippen LogP contribution in [0.15, 0.2) is 27.5 Å². The average molecular weight is 312 g/mol. The van der Waals surface area contributed by atoms with Crippen LogP contribution in [0, 0.1) is 6.92 Å². The highest BCUT2D eigenvalue weighted by atomic mass is 79.9. The van der Waals surface area contributed by atoms with E-state index in [0.717, 1.165) is 0 Å². The van der Waals surface area contributed by atoms with Gasteiger partial charge in [-0.2, -0.15) is 4.98 Å². The molecule has 0 aromatic carbocycles. The van der Waals surface area contributed by atoms with Gasteiger partial charge >= 0.3 is 0 Å². The van der Waals surface area contributed by atoms with E-state index >= 15 is 0 Å². The van der Waals surface area contributed by atoms with E-state index < -0.39 is 0 Å². The lowest BCUT2D eigenvalue weighted by atomic mass is 10.3. The zero-order valence-electron chi connectivity index (χ0n) is 9.73. The van der Waals surface area contributed by atoms with Gasteiger partial charge in [-0.1, -0.05) is 0 Å². The Hall–Kier alpha value is -1.89. The summed E-state index contributed by atoms with van der Waals surface area (Å²) in [6.45, 7) is 1.79. The van der Waals surface area contributed by atoms with Crippen LogP contribution < -0.4 is 10.1 Å². The molecular weight excluding hydrogens is 302 g/mol. The summed E-state index contributed by atoms with van der Waals surface area (Å²) in [5, 5.41) is 2.57. The molecule has 18 heavy (non-hydrogen) atoms. The molecule has 2 aromatic heterocycles.